The van der Waals surface area contributed by atoms with Gasteiger partial charge in [-0.15, -0.1) is 0 Å². The summed E-state index contributed by atoms with van der Waals surface area (Å²) in [6.45, 7) is 5.67. The average Bonchev–Trinajstić information content (AvgIpc) is 3.84. The number of pyridine rings is 1. The monoisotopic (exact) mass is 734 g/mol. The van der Waals surface area contributed by atoms with E-state index in [0.717, 1.165) is 105 Å². The van der Waals surface area contributed by atoms with Crippen LogP contribution in [-0.2, 0) is 0 Å². The molecule has 0 bridgehead atoms. The molecule has 0 atom stereocenters. The lowest BCUT2D eigenvalue weighted by Gasteiger charge is -2.14. The molecule has 0 aliphatic rings. The first-order valence-corrected chi connectivity index (χ1v) is 18.8. The minimum Gasteiger partial charge on any atom is -0.456 e. The summed E-state index contributed by atoms with van der Waals surface area (Å²) in [6.07, 6.45) is 9.39. The van der Waals surface area contributed by atoms with E-state index in [1.807, 2.05) is 73.8 Å². The Balaban J connectivity index is 1.20. The quantitative estimate of drug-likeness (QED) is 0.115. The maximum Gasteiger partial charge on any atom is 0.160 e. The van der Waals surface area contributed by atoms with E-state index in [-0.39, 0.29) is 0 Å². The van der Waals surface area contributed by atoms with Crippen LogP contribution in [0.1, 0.15) is 12.5 Å². The summed E-state index contributed by atoms with van der Waals surface area (Å²) < 4.78 is 12.4. The van der Waals surface area contributed by atoms with Gasteiger partial charge in [0.05, 0.1) is 11.4 Å². The molecule has 0 spiro atoms. The summed E-state index contributed by atoms with van der Waals surface area (Å²) in [4.78, 5) is 18.9. The van der Waals surface area contributed by atoms with Gasteiger partial charge in [0.25, 0.3) is 0 Å². The van der Waals surface area contributed by atoms with Crippen molar-refractivity contribution >= 4 is 56.2 Å². The minimum atomic E-state index is 0.601. The van der Waals surface area contributed by atoms with Crippen molar-refractivity contribution in [3.63, 3.8) is 0 Å². The number of fused-ring (bicyclic) bond motifs is 6. The molecular formula is C51H34N4O2. The molecule has 4 heterocycles. The standard InChI is InChI=1S/C51H34N4O2/c1-3-10-36(30-52-2)32-11-8-12-35(23-32)51-54-45(37-13-9-22-53-31-37)29-46(55-51)40-25-38(33-18-20-49-43(27-33)41-14-4-6-16-47(41)56-49)24-39(26-40)34-19-21-50-44(28-34)42-15-5-7-17-48(42)57-50/h3-31H,2H2,1H3/b10-3-,36-30+. The number of hydrogen-bond acceptors (Lipinski definition) is 6. The van der Waals surface area contributed by atoms with Crippen LogP contribution < -0.4 is 0 Å². The van der Waals surface area contributed by atoms with Crippen LogP contribution in [0.5, 0.6) is 0 Å². The van der Waals surface area contributed by atoms with Gasteiger partial charge in [-0.3, -0.25) is 9.98 Å². The number of furan rings is 2. The van der Waals surface area contributed by atoms with Gasteiger partial charge in [-0.1, -0.05) is 78.9 Å². The number of allylic oxidation sites excluding steroid dienone is 3. The number of hydrogen-bond donors (Lipinski definition) is 0. The molecule has 6 nitrogen and oxygen atoms in total. The Morgan fingerprint density at radius 3 is 1.74 bits per heavy atom. The summed E-state index contributed by atoms with van der Waals surface area (Å²) in [5.41, 5.74) is 13.9. The number of benzene rings is 6. The first-order valence-electron chi connectivity index (χ1n) is 18.8. The van der Waals surface area contributed by atoms with Gasteiger partial charge < -0.3 is 8.83 Å². The van der Waals surface area contributed by atoms with E-state index in [4.69, 9.17) is 18.8 Å². The summed E-state index contributed by atoms with van der Waals surface area (Å²) in [6, 6.07) is 50.1. The molecule has 0 aliphatic carbocycles. The molecular weight excluding hydrogens is 701 g/mol. The van der Waals surface area contributed by atoms with E-state index < -0.39 is 0 Å². The van der Waals surface area contributed by atoms with Crippen molar-refractivity contribution in [2.75, 3.05) is 0 Å². The normalized spacial score (nSPS) is 12.1. The molecule has 0 N–H and O–H groups in total. The van der Waals surface area contributed by atoms with Gasteiger partial charge in [-0.25, -0.2) is 9.97 Å². The highest BCUT2D eigenvalue weighted by Gasteiger charge is 2.17. The topological polar surface area (TPSA) is 77.3 Å². The Morgan fingerprint density at radius 1 is 0.526 bits per heavy atom. The molecule has 0 amide bonds. The summed E-state index contributed by atoms with van der Waals surface area (Å²) in [5, 5.41) is 4.32. The second-order valence-corrected chi connectivity index (χ2v) is 14.0. The van der Waals surface area contributed by atoms with E-state index in [1.54, 1.807) is 12.4 Å². The molecule has 57 heavy (non-hydrogen) atoms. The fraction of sp³-hybridized carbons (Fsp3) is 0.0196. The summed E-state index contributed by atoms with van der Waals surface area (Å²) in [7, 11) is 0. The lowest BCUT2D eigenvalue weighted by Crippen LogP contribution is -1.97. The van der Waals surface area contributed by atoms with E-state index >= 15 is 0 Å². The Labute approximate surface area is 328 Å². The number of para-hydroxylation sites is 2. The molecule has 270 valence electrons. The predicted molar refractivity (Wildman–Crippen MR) is 234 cm³/mol. The van der Waals surface area contributed by atoms with Crippen molar-refractivity contribution in [2.24, 2.45) is 4.99 Å². The Bertz CT molecular complexity index is 3090. The van der Waals surface area contributed by atoms with E-state index in [1.165, 1.54) is 0 Å². The van der Waals surface area contributed by atoms with Crippen LogP contribution in [0.4, 0.5) is 0 Å². The third-order valence-electron chi connectivity index (χ3n) is 10.4. The maximum atomic E-state index is 6.21. The molecule has 0 fully saturated rings. The molecule has 0 radical (unpaired) electrons. The zero-order valence-electron chi connectivity index (χ0n) is 31.1. The van der Waals surface area contributed by atoms with E-state index in [0.29, 0.717) is 5.82 Å². The van der Waals surface area contributed by atoms with Crippen LogP contribution in [0.2, 0.25) is 0 Å². The zero-order chi connectivity index (χ0) is 38.3. The van der Waals surface area contributed by atoms with E-state index in [2.05, 4.69) is 114 Å². The van der Waals surface area contributed by atoms with Crippen molar-refractivity contribution in [1.29, 1.82) is 0 Å². The molecule has 10 aromatic rings. The highest BCUT2D eigenvalue weighted by Crippen LogP contribution is 2.39. The number of aliphatic imine (C=N–C) groups is 1. The second kappa shape index (κ2) is 14.2. The first kappa shape index (κ1) is 33.8. The van der Waals surface area contributed by atoms with Gasteiger partial charge in [0.15, 0.2) is 5.82 Å². The molecule has 0 aliphatic heterocycles. The largest absolute Gasteiger partial charge is 0.456 e. The highest BCUT2D eigenvalue weighted by molar-refractivity contribution is 6.07. The lowest BCUT2D eigenvalue weighted by molar-refractivity contribution is 0.668. The minimum absolute atomic E-state index is 0.601. The van der Waals surface area contributed by atoms with Crippen LogP contribution >= 0.6 is 0 Å². The van der Waals surface area contributed by atoms with Crippen LogP contribution in [0.25, 0.3) is 106 Å². The van der Waals surface area contributed by atoms with Crippen molar-refractivity contribution in [1.82, 2.24) is 15.0 Å². The van der Waals surface area contributed by atoms with Crippen LogP contribution in [0.15, 0.2) is 190 Å². The van der Waals surface area contributed by atoms with Crippen LogP contribution in [-0.4, -0.2) is 21.7 Å². The fourth-order valence-electron chi connectivity index (χ4n) is 7.64. The van der Waals surface area contributed by atoms with Gasteiger partial charge >= 0.3 is 0 Å². The lowest BCUT2D eigenvalue weighted by atomic mass is 9.93. The fourth-order valence-corrected chi connectivity index (χ4v) is 7.64. The second-order valence-electron chi connectivity index (χ2n) is 14.0. The van der Waals surface area contributed by atoms with Gasteiger partial charge in [0.2, 0.25) is 0 Å². The smallest absolute Gasteiger partial charge is 0.160 e. The maximum absolute atomic E-state index is 6.21. The average molecular weight is 735 g/mol. The van der Waals surface area contributed by atoms with Crippen LogP contribution in [0, 0.1) is 0 Å². The molecule has 0 saturated heterocycles. The molecule has 6 heteroatoms. The first-order chi connectivity index (χ1) is 28.1. The Kier molecular flexibility index (Phi) is 8.42. The predicted octanol–water partition coefficient (Wildman–Crippen LogP) is 13.6. The third-order valence-corrected chi connectivity index (χ3v) is 10.4. The number of aromatic nitrogens is 3. The van der Waals surface area contributed by atoms with E-state index in [9.17, 15) is 0 Å². The summed E-state index contributed by atoms with van der Waals surface area (Å²) in [5.74, 6) is 0.601. The Morgan fingerprint density at radius 2 is 1.12 bits per heavy atom. The molecule has 4 aromatic heterocycles. The van der Waals surface area contributed by atoms with Crippen LogP contribution in [0.3, 0.4) is 0 Å². The number of rotatable bonds is 8. The van der Waals surface area contributed by atoms with Crippen molar-refractivity contribution < 1.29 is 8.83 Å². The molecule has 0 unspecified atom stereocenters. The summed E-state index contributed by atoms with van der Waals surface area (Å²) >= 11 is 0. The number of nitrogens with zero attached hydrogens (tertiary/aromatic N) is 4. The van der Waals surface area contributed by atoms with Gasteiger partial charge in [0.1, 0.15) is 22.3 Å². The van der Waals surface area contributed by atoms with Gasteiger partial charge in [-0.05, 0) is 126 Å². The van der Waals surface area contributed by atoms with Crippen molar-refractivity contribution in [2.45, 2.75) is 6.92 Å². The Hall–Kier alpha value is -7.70. The van der Waals surface area contributed by atoms with Gasteiger partial charge in [-0.2, -0.15) is 0 Å². The van der Waals surface area contributed by atoms with Crippen molar-refractivity contribution in [3.05, 3.63) is 182 Å². The molecule has 10 rings (SSSR count). The molecule has 0 saturated carbocycles. The molecule has 6 aromatic carbocycles. The van der Waals surface area contributed by atoms with Crippen molar-refractivity contribution in [3.8, 4) is 56.2 Å². The zero-order valence-corrected chi connectivity index (χ0v) is 31.1. The SMILES string of the molecule is C=N/C=C(\C=C/C)c1cccc(-c2nc(-c3cccnc3)cc(-c3cc(-c4ccc5oc6ccccc6c5c4)cc(-c4ccc5oc6ccccc6c5c4)c3)n2)c1. The third kappa shape index (κ3) is 6.29. The highest BCUT2D eigenvalue weighted by atomic mass is 16.3. The van der Waals surface area contributed by atoms with Gasteiger partial charge in [0, 0.05) is 56.8 Å².